The number of hydrogen-bond donors (Lipinski definition) is 1. The van der Waals surface area contributed by atoms with E-state index < -0.39 is 36.1 Å². The van der Waals surface area contributed by atoms with Gasteiger partial charge in [-0.2, -0.15) is 0 Å². The van der Waals surface area contributed by atoms with E-state index in [4.69, 9.17) is 16.3 Å². The molecule has 3 amide bonds. The van der Waals surface area contributed by atoms with Crippen LogP contribution in [-0.4, -0.2) is 35.2 Å². The monoisotopic (exact) mass is 466 g/mol. The summed E-state index contributed by atoms with van der Waals surface area (Å²) in [5, 5.41) is 2.83. The smallest absolute Gasteiger partial charge is 0.338 e. The molecule has 3 aromatic carbocycles. The first-order valence-corrected chi connectivity index (χ1v) is 10.2. The Balaban J connectivity index is 1.41. The van der Waals surface area contributed by atoms with Crippen LogP contribution < -0.4 is 5.32 Å². The molecule has 0 fully saturated rings. The predicted molar refractivity (Wildman–Crippen MR) is 117 cm³/mol. The topological polar surface area (TPSA) is 92.8 Å². The Morgan fingerprint density at radius 3 is 2.36 bits per heavy atom. The number of ether oxygens (including phenoxy) is 1. The van der Waals surface area contributed by atoms with E-state index in [0.717, 1.165) is 10.5 Å². The van der Waals surface area contributed by atoms with Crippen molar-refractivity contribution in [2.24, 2.45) is 0 Å². The number of rotatable bonds is 6. The zero-order valence-corrected chi connectivity index (χ0v) is 17.8. The van der Waals surface area contributed by atoms with Gasteiger partial charge in [0.15, 0.2) is 6.61 Å². The van der Waals surface area contributed by atoms with Crippen LogP contribution in [0.1, 0.15) is 36.6 Å². The molecular weight excluding hydrogens is 451 g/mol. The molecule has 9 heteroatoms. The van der Waals surface area contributed by atoms with Crippen LogP contribution in [0, 0.1) is 5.82 Å². The summed E-state index contributed by atoms with van der Waals surface area (Å²) >= 11 is 5.87. The number of imide groups is 1. The van der Waals surface area contributed by atoms with Gasteiger partial charge in [0.1, 0.15) is 5.82 Å². The number of fused-ring (bicyclic) bond motifs is 1. The number of nitrogens with zero attached hydrogens (tertiary/aromatic N) is 1. The van der Waals surface area contributed by atoms with Crippen molar-refractivity contribution in [3.05, 3.63) is 99.8 Å². The minimum Gasteiger partial charge on any atom is -0.452 e. The van der Waals surface area contributed by atoms with Crippen LogP contribution >= 0.6 is 11.6 Å². The van der Waals surface area contributed by atoms with Crippen LogP contribution in [0.3, 0.4) is 0 Å². The number of nitrogens with one attached hydrogen (secondary N) is 1. The minimum atomic E-state index is -0.863. The highest BCUT2D eigenvalue weighted by atomic mass is 35.5. The number of carbonyl (C=O) groups is 4. The number of amides is 3. The summed E-state index contributed by atoms with van der Waals surface area (Å²) in [6.45, 7) is -0.598. The second-order valence-corrected chi connectivity index (χ2v) is 7.62. The fraction of sp³-hybridized carbons (Fsp3) is 0.0833. The fourth-order valence-electron chi connectivity index (χ4n) is 3.30. The number of anilines is 1. The first-order valence-electron chi connectivity index (χ1n) is 9.79. The molecule has 0 spiro atoms. The summed E-state index contributed by atoms with van der Waals surface area (Å²) in [6, 6.07) is 16.3. The van der Waals surface area contributed by atoms with Gasteiger partial charge in [0.2, 0.25) is 0 Å². The molecule has 0 bridgehead atoms. The minimum absolute atomic E-state index is 0.00179. The van der Waals surface area contributed by atoms with Gasteiger partial charge >= 0.3 is 5.97 Å². The Morgan fingerprint density at radius 2 is 1.64 bits per heavy atom. The molecule has 0 saturated heterocycles. The van der Waals surface area contributed by atoms with Gasteiger partial charge in [0.25, 0.3) is 17.7 Å². The van der Waals surface area contributed by atoms with Gasteiger partial charge in [0, 0.05) is 5.02 Å². The summed E-state index contributed by atoms with van der Waals surface area (Å²) in [5.74, 6) is -3.24. The molecule has 0 atom stereocenters. The maximum Gasteiger partial charge on any atom is 0.338 e. The van der Waals surface area contributed by atoms with Gasteiger partial charge in [-0.15, -0.1) is 0 Å². The summed E-state index contributed by atoms with van der Waals surface area (Å²) < 4.78 is 18.6. The van der Waals surface area contributed by atoms with Gasteiger partial charge in [-0.25, -0.2) is 9.18 Å². The maximum atomic E-state index is 13.6. The van der Waals surface area contributed by atoms with Gasteiger partial charge in [0.05, 0.1) is 28.9 Å². The predicted octanol–water partition coefficient (Wildman–Crippen LogP) is 4.07. The SMILES string of the molecule is O=C(COC(=O)c1ccc2c(c1)C(=O)N(Cc1ccc(Cl)cc1)C2=O)Nc1ccccc1F. The molecule has 3 aromatic rings. The van der Waals surface area contributed by atoms with Crippen LogP contribution in [0.5, 0.6) is 0 Å². The zero-order chi connectivity index (χ0) is 23.5. The molecule has 166 valence electrons. The molecule has 0 radical (unpaired) electrons. The van der Waals surface area contributed by atoms with Gasteiger partial charge < -0.3 is 10.1 Å². The third-order valence-electron chi connectivity index (χ3n) is 4.94. The first-order chi connectivity index (χ1) is 15.8. The van der Waals surface area contributed by atoms with Gasteiger partial charge in [-0.1, -0.05) is 35.9 Å². The van der Waals surface area contributed by atoms with E-state index >= 15 is 0 Å². The number of halogens is 2. The van der Waals surface area contributed by atoms with Crippen molar-refractivity contribution >= 4 is 41.0 Å². The van der Waals surface area contributed by atoms with E-state index in [-0.39, 0.29) is 28.9 Å². The Bertz CT molecular complexity index is 1280. The molecule has 0 saturated carbocycles. The molecule has 4 rings (SSSR count). The van der Waals surface area contributed by atoms with Crippen molar-refractivity contribution in [2.45, 2.75) is 6.54 Å². The van der Waals surface area contributed by atoms with E-state index in [1.807, 2.05) is 0 Å². The van der Waals surface area contributed by atoms with Gasteiger partial charge in [-0.3, -0.25) is 19.3 Å². The van der Waals surface area contributed by atoms with E-state index in [2.05, 4.69) is 5.32 Å². The number of hydrogen-bond acceptors (Lipinski definition) is 5. The molecule has 0 unspecified atom stereocenters. The lowest BCUT2D eigenvalue weighted by atomic mass is 10.1. The van der Waals surface area contributed by atoms with E-state index in [0.29, 0.717) is 5.02 Å². The van der Waals surface area contributed by atoms with Crippen LogP contribution in [0.25, 0.3) is 0 Å². The van der Waals surface area contributed by atoms with Crippen molar-refractivity contribution in [3.63, 3.8) is 0 Å². The first kappa shape index (κ1) is 22.2. The van der Waals surface area contributed by atoms with E-state index in [1.54, 1.807) is 30.3 Å². The lowest BCUT2D eigenvalue weighted by Crippen LogP contribution is -2.29. The Labute approximate surface area is 192 Å². The number of esters is 1. The average molecular weight is 467 g/mol. The van der Waals surface area contributed by atoms with Crippen LogP contribution in [0.4, 0.5) is 10.1 Å². The maximum absolute atomic E-state index is 13.6. The normalized spacial score (nSPS) is 12.5. The lowest BCUT2D eigenvalue weighted by molar-refractivity contribution is -0.119. The highest BCUT2D eigenvalue weighted by molar-refractivity contribution is 6.30. The van der Waals surface area contributed by atoms with Crippen molar-refractivity contribution in [2.75, 3.05) is 11.9 Å². The Morgan fingerprint density at radius 1 is 0.939 bits per heavy atom. The second-order valence-electron chi connectivity index (χ2n) is 7.19. The van der Waals surface area contributed by atoms with Crippen LogP contribution in [0.15, 0.2) is 66.7 Å². The van der Waals surface area contributed by atoms with Crippen LogP contribution in [-0.2, 0) is 16.1 Å². The van der Waals surface area contributed by atoms with Crippen molar-refractivity contribution in [1.29, 1.82) is 0 Å². The Hall–Kier alpha value is -4.04. The number of para-hydroxylation sites is 1. The molecule has 1 aliphatic rings. The molecule has 0 aromatic heterocycles. The average Bonchev–Trinajstić information content (AvgIpc) is 3.04. The third kappa shape index (κ3) is 4.75. The summed E-state index contributed by atoms with van der Waals surface area (Å²) in [4.78, 5) is 50.8. The Kier molecular flexibility index (Phi) is 6.19. The summed E-state index contributed by atoms with van der Waals surface area (Å²) in [7, 11) is 0. The number of benzene rings is 3. The highest BCUT2D eigenvalue weighted by Gasteiger charge is 2.36. The molecule has 33 heavy (non-hydrogen) atoms. The zero-order valence-electron chi connectivity index (χ0n) is 17.0. The molecule has 7 nitrogen and oxygen atoms in total. The second kappa shape index (κ2) is 9.22. The third-order valence-corrected chi connectivity index (χ3v) is 5.19. The van der Waals surface area contributed by atoms with Crippen molar-refractivity contribution in [3.8, 4) is 0 Å². The summed E-state index contributed by atoms with van der Waals surface area (Å²) in [6.07, 6.45) is 0. The number of carbonyl (C=O) groups excluding carboxylic acids is 4. The molecule has 0 aliphatic carbocycles. The fourth-order valence-corrected chi connectivity index (χ4v) is 3.42. The van der Waals surface area contributed by atoms with Crippen molar-refractivity contribution < 1.29 is 28.3 Å². The highest BCUT2D eigenvalue weighted by Crippen LogP contribution is 2.26. The summed E-state index contributed by atoms with van der Waals surface area (Å²) in [5.41, 5.74) is 0.916. The molecule has 1 N–H and O–H groups in total. The molecule has 1 aliphatic heterocycles. The lowest BCUT2D eigenvalue weighted by Gasteiger charge is -2.13. The van der Waals surface area contributed by atoms with E-state index in [9.17, 15) is 23.6 Å². The van der Waals surface area contributed by atoms with Crippen molar-refractivity contribution in [1.82, 2.24) is 4.90 Å². The standard InChI is InChI=1S/C24H16ClFN2O5/c25-16-8-5-14(6-9-16)12-28-22(30)17-10-7-15(11-18(17)23(28)31)24(32)33-13-21(29)27-20-4-2-1-3-19(20)26/h1-11H,12-13H2,(H,27,29). The van der Waals surface area contributed by atoms with Crippen LogP contribution in [0.2, 0.25) is 5.02 Å². The quantitative estimate of drug-likeness (QED) is 0.436. The molecular formula is C24H16ClFN2O5. The largest absolute Gasteiger partial charge is 0.452 e. The van der Waals surface area contributed by atoms with Gasteiger partial charge in [-0.05, 0) is 48.0 Å². The molecule has 1 heterocycles. The van der Waals surface area contributed by atoms with E-state index in [1.165, 1.54) is 36.4 Å².